The molecule has 4 nitrogen and oxygen atoms in total. The molecule has 1 aromatic rings. The zero-order chi connectivity index (χ0) is 20.4. The van der Waals surface area contributed by atoms with Crippen LogP contribution in [0.2, 0.25) is 18.1 Å². The van der Waals surface area contributed by atoms with E-state index in [2.05, 4.69) is 67.2 Å². The van der Waals surface area contributed by atoms with Crippen LogP contribution < -0.4 is 0 Å². The van der Waals surface area contributed by atoms with E-state index in [1.54, 1.807) is 4.90 Å². The Bertz CT molecular complexity index is 764. The first-order valence-electron chi connectivity index (χ1n) is 9.17. The van der Waals surface area contributed by atoms with Gasteiger partial charge in [0.2, 0.25) is 0 Å². The molecule has 0 bridgehead atoms. The van der Waals surface area contributed by atoms with E-state index in [9.17, 15) is 4.79 Å². The van der Waals surface area contributed by atoms with Gasteiger partial charge in [-0.3, -0.25) is 0 Å². The quantitative estimate of drug-likeness (QED) is 0.220. The summed E-state index contributed by atoms with van der Waals surface area (Å²) in [5, 5.41) is 0.0932. The molecule has 1 amide bonds. The maximum atomic E-state index is 12.9. The van der Waals surface area contributed by atoms with Crippen LogP contribution in [0.3, 0.4) is 0 Å². The van der Waals surface area contributed by atoms with Crippen LogP contribution in [0.1, 0.15) is 27.7 Å². The fourth-order valence-electron chi connectivity index (χ4n) is 2.91. The van der Waals surface area contributed by atoms with Crippen LogP contribution in [-0.2, 0) is 9.22 Å². The molecule has 1 aromatic carbocycles. The average molecular weight is 449 g/mol. The minimum atomic E-state index is -1.96. The first-order valence-corrected chi connectivity index (χ1v) is 12.9. The Labute approximate surface area is 172 Å². The molecule has 3 atom stereocenters. The predicted molar refractivity (Wildman–Crippen MR) is 115 cm³/mol. The number of aliphatic imine (C=N–C) groups is 1. The van der Waals surface area contributed by atoms with Crippen molar-refractivity contribution in [2.24, 2.45) is 10.9 Å². The first-order chi connectivity index (χ1) is 12.5. The van der Waals surface area contributed by atoms with E-state index in [4.69, 9.17) is 4.43 Å². The van der Waals surface area contributed by atoms with Gasteiger partial charge in [-0.25, -0.2) is 0 Å². The molecule has 0 spiro atoms. The molecule has 1 aliphatic rings. The Hall–Kier alpha value is -1.42. The second kappa shape index (κ2) is 8.30. The van der Waals surface area contributed by atoms with Crippen molar-refractivity contribution in [3.8, 4) is 0 Å². The van der Waals surface area contributed by atoms with Crippen LogP contribution in [0.25, 0.3) is 0 Å². The number of hydrogen-bond acceptors (Lipinski definition) is 3. The SMILES string of the molecule is C=C=C[C@@H]1[C@@H]([C@@H](C)O[Si](C)(C)C(C)(C)C)C(=O)N1C([Se])=Nc1ccccc1. The molecule has 1 fully saturated rings. The Balaban J connectivity index is 2.22. The number of β-lactam (4-membered cyclic amide) rings is 1. The van der Waals surface area contributed by atoms with Crippen molar-refractivity contribution >= 4 is 40.7 Å². The topological polar surface area (TPSA) is 41.9 Å². The van der Waals surface area contributed by atoms with Crippen molar-refractivity contribution in [3.63, 3.8) is 0 Å². The standard InChI is InChI=1S/C21H29N2O2SeSi/c1-8-12-17-18(15(2)25-27(6,7)21(3,4)5)19(24)23(17)20(26)22-16-13-10-9-11-14-16/h9-15,17-18H,1H2,2-7H3/t15-,17-,18-/m1/s1. The molecule has 145 valence electrons. The van der Waals surface area contributed by atoms with Gasteiger partial charge in [0.15, 0.2) is 0 Å². The number of rotatable bonds is 5. The Kier molecular flexibility index (Phi) is 6.72. The van der Waals surface area contributed by atoms with Crippen LogP contribution in [0.4, 0.5) is 5.69 Å². The summed E-state index contributed by atoms with van der Waals surface area (Å²) < 4.78 is 7.03. The number of amidine groups is 1. The number of nitrogens with zero attached hydrogens (tertiary/aromatic N) is 2. The molecule has 27 heavy (non-hydrogen) atoms. The van der Waals surface area contributed by atoms with Gasteiger partial charge in [-0.2, -0.15) is 0 Å². The number of likely N-dealkylation sites (tertiary alicyclic amines) is 1. The Morgan fingerprint density at radius 2 is 1.96 bits per heavy atom. The van der Waals surface area contributed by atoms with Crippen molar-refractivity contribution in [1.82, 2.24) is 4.90 Å². The zero-order valence-electron chi connectivity index (χ0n) is 17.0. The number of carbonyl (C=O) groups is 1. The zero-order valence-corrected chi connectivity index (χ0v) is 19.7. The molecule has 0 N–H and O–H groups in total. The van der Waals surface area contributed by atoms with Crippen molar-refractivity contribution in [2.75, 3.05) is 0 Å². The second-order valence-corrected chi connectivity index (χ2v) is 13.9. The fourth-order valence-corrected chi connectivity index (χ4v) is 5.01. The monoisotopic (exact) mass is 449 g/mol. The number of hydrogen-bond donors (Lipinski definition) is 0. The summed E-state index contributed by atoms with van der Waals surface area (Å²) in [5.74, 6) is -0.228. The first kappa shape index (κ1) is 21.9. The van der Waals surface area contributed by atoms with E-state index in [1.165, 1.54) is 0 Å². The van der Waals surface area contributed by atoms with Crippen LogP contribution in [0.15, 0.2) is 53.7 Å². The summed E-state index contributed by atoms with van der Waals surface area (Å²) in [5.41, 5.74) is 3.64. The fraction of sp³-hybridized carbons (Fsp3) is 0.476. The predicted octanol–water partition coefficient (Wildman–Crippen LogP) is 4.42. The molecule has 1 saturated heterocycles. The maximum absolute atomic E-state index is 12.9. The van der Waals surface area contributed by atoms with Crippen molar-refractivity contribution in [1.29, 1.82) is 0 Å². The van der Waals surface area contributed by atoms with Gasteiger partial charge >= 0.3 is 172 Å². The van der Waals surface area contributed by atoms with Crippen LogP contribution in [0, 0.1) is 5.92 Å². The minimum absolute atomic E-state index is 0.0196. The van der Waals surface area contributed by atoms with E-state index in [0.717, 1.165) is 5.69 Å². The Morgan fingerprint density at radius 1 is 1.37 bits per heavy atom. The van der Waals surface area contributed by atoms with Gasteiger partial charge in [-0.15, -0.1) is 0 Å². The second-order valence-electron chi connectivity index (χ2n) is 8.41. The summed E-state index contributed by atoms with van der Waals surface area (Å²) in [4.78, 5) is 19.2. The van der Waals surface area contributed by atoms with Crippen LogP contribution in [-0.4, -0.2) is 52.0 Å². The van der Waals surface area contributed by atoms with E-state index < -0.39 is 8.32 Å². The number of carbonyl (C=O) groups excluding carboxylic acids is 1. The summed E-state index contributed by atoms with van der Waals surface area (Å²) in [6.45, 7) is 16.7. The number of amides is 1. The summed E-state index contributed by atoms with van der Waals surface area (Å²) in [7, 11) is -1.96. The normalized spacial score (nSPS) is 22.1. The van der Waals surface area contributed by atoms with Gasteiger partial charge in [0, 0.05) is 0 Å². The summed E-state index contributed by atoms with van der Waals surface area (Å²) in [6.07, 6.45) is 1.66. The molecule has 2 rings (SSSR count). The third-order valence-corrected chi connectivity index (χ3v) is 10.6. The molecule has 6 heteroatoms. The van der Waals surface area contributed by atoms with Gasteiger partial charge in [0.1, 0.15) is 0 Å². The average Bonchev–Trinajstić information content (AvgIpc) is 2.53. The third-order valence-electron chi connectivity index (χ3n) is 5.46. The Morgan fingerprint density at radius 3 is 2.48 bits per heavy atom. The van der Waals surface area contributed by atoms with Gasteiger partial charge in [0.05, 0.1) is 0 Å². The van der Waals surface area contributed by atoms with Gasteiger partial charge in [-0.05, 0) is 0 Å². The molecule has 0 unspecified atom stereocenters. The molecular weight excluding hydrogens is 419 g/mol. The molecule has 1 aliphatic heterocycles. The van der Waals surface area contributed by atoms with Gasteiger partial charge in [-0.1, -0.05) is 0 Å². The van der Waals surface area contributed by atoms with Crippen molar-refractivity contribution in [2.45, 2.75) is 58.0 Å². The van der Waals surface area contributed by atoms with Crippen LogP contribution in [0.5, 0.6) is 0 Å². The van der Waals surface area contributed by atoms with Gasteiger partial charge in [0.25, 0.3) is 0 Å². The third kappa shape index (κ3) is 4.71. The van der Waals surface area contributed by atoms with Crippen molar-refractivity contribution in [3.05, 3.63) is 48.7 Å². The van der Waals surface area contributed by atoms with E-state index in [1.807, 2.05) is 43.3 Å². The summed E-state index contributed by atoms with van der Waals surface area (Å²) in [6, 6.07) is 9.43. The van der Waals surface area contributed by atoms with Gasteiger partial charge < -0.3 is 0 Å². The molecule has 1 heterocycles. The number of benzene rings is 1. The van der Waals surface area contributed by atoms with Crippen LogP contribution >= 0.6 is 0 Å². The molecule has 0 aliphatic carbocycles. The van der Waals surface area contributed by atoms with Crippen molar-refractivity contribution < 1.29 is 9.22 Å². The van der Waals surface area contributed by atoms with E-state index in [0.29, 0.717) is 4.73 Å². The molecular formula is C21H29N2O2SeSi. The summed E-state index contributed by atoms with van der Waals surface area (Å²) >= 11 is 2.93. The molecule has 1 radical (unpaired) electrons. The number of para-hydroxylation sites is 1. The van der Waals surface area contributed by atoms with E-state index >= 15 is 0 Å². The molecule has 0 aromatic heterocycles. The van der Waals surface area contributed by atoms with E-state index in [-0.39, 0.29) is 29.0 Å². The molecule has 0 saturated carbocycles.